The molecule has 76 valence electrons. The van der Waals surface area contributed by atoms with Crippen molar-refractivity contribution in [3.05, 3.63) is 22.4 Å². The first-order valence-corrected chi connectivity index (χ1v) is 6.38. The predicted octanol–water partition coefficient (Wildman–Crippen LogP) is 1.03. The van der Waals surface area contributed by atoms with Gasteiger partial charge in [0, 0.05) is 18.5 Å². The van der Waals surface area contributed by atoms with E-state index < -0.39 is 15.8 Å². The summed E-state index contributed by atoms with van der Waals surface area (Å²) < 4.78 is 23.9. The average Bonchev–Trinajstić information content (AvgIpc) is 2.56. The topological polar surface area (TPSA) is 61.2 Å². The zero-order valence-corrected chi connectivity index (χ0v) is 9.31. The summed E-state index contributed by atoms with van der Waals surface area (Å²) in [6.45, 7) is 0.335. The molecule has 1 aromatic rings. The van der Waals surface area contributed by atoms with E-state index in [1.165, 1.54) is 22.7 Å². The molecule has 0 unspecified atom stereocenters. The Morgan fingerprint density at radius 1 is 1.64 bits per heavy atom. The smallest absolute Gasteiger partial charge is 0.211 e. The van der Waals surface area contributed by atoms with Crippen LogP contribution in [0.4, 0.5) is 0 Å². The van der Waals surface area contributed by atoms with E-state index >= 15 is 0 Å². The first-order chi connectivity index (χ1) is 6.56. The van der Waals surface area contributed by atoms with Gasteiger partial charge in [0.1, 0.15) is 0 Å². The fraction of sp³-hybridized carbons (Fsp3) is 0.375. The number of nitriles is 1. The molecular formula is C8H10N2O2S2. The first-order valence-electron chi connectivity index (χ1n) is 3.89. The van der Waals surface area contributed by atoms with Crippen LogP contribution in [0.1, 0.15) is 4.88 Å². The van der Waals surface area contributed by atoms with E-state index in [4.69, 9.17) is 5.26 Å². The highest BCUT2D eigenvalue weighted by Gasteiger charge is 2.17. The molecule has 0 spiro atoms. The summed E-state index contributed by atoms with van der Waals surface area (Å²) in [5, 5.41) is 10.2. The minimum atomic E-state index is -3.41. The van der Waals surface area contributed by atoms with E-state index in [2.05, 4.69) is 0 Å². The molecule has 0 saturated heterocycles. The molecule has 1 heterocycles. The Balaban J connectivity index is 2.68. The fourth-order valence-electron chi connectivity index (χ4n) is 0.912. The van der Waals surface area contributed by atoms with Crippen molar-refractivity contribution in [2.45, 2.75) is 6.54 Å². The van der Waals surface area contributed by atoms with Crippen LogP contribution >= 0.6 is 11.3 Å². The van der Waals surface area contributed by atoms with Crippen LogP contribution in [-0.4, -0.2) is 25.5 Å². The molecule has 0 atom stereocenters. The fourth-order valence-corrected chi connectivity index (χ4v) is 2.47. The first kappa shape index (κ1) is 11.2. The van der Waals surface area contributed by atoms with Gasteiger partial charge in [-0.05, 0) is 11.4 Å². The standard InChI is InChI=1S/C8H10N2O2S2/c1-10(14(11,12)6-4-9)7-8-3-2-5-13-8/h2-3,5H,6-7H2,1H3. The van der Waals surface area contributed by atoms with E-state index in [0.29, 0.717) is 6.54 Å². The predicted molar refractivity (Wildman–Crippen MR) is 55.2 cm³/mol. The lowest BCUT2D eigenvalue weighted by atomic mass is 10.5. The van der Waals surface area contributed by atoms with Gasteiger partial charge in [-0.15, -0.1) is 11.3 Å². The molecule has 0 aliphatic rings. The molecular weight excluding hydrogens is 220 g/mol. The summed E-state index contributed by atoms with van der Waals surface area (Å²) in [7, 11) is -1.93. The molecule has 4 nitrogen and oxygen atoms in total. The van der Waals surface area contributed by atoms with E-state index in [1.807, 2.05) is 17.5 Å². The summed E-state index contributed by atoms with van der Waals surface area (Å²) >= 11 is 1.50. The number of sulfonamides is 1. The van der Waals surface area contributed by atoms with Crippen LogP contribution in [0.25, 0.3) is 0 Å². The van der Waals surface area contributed by atoms with Crippen LogP contribution < -0.4 is 0 Å². The normalized spacial score (nSPS) is 11.5. The number of rotatable bonds is 4. The van der Waals surface area contributed by atoms with Gasteiger partial charge in [-0.25, -0.2) is 8.42 Å². The van der Waals surface area contributed by atoms with Crippen molar-refractivity contribution < 1.29 is 8.42 Å². The summed E-state index contributed by atoms with van der Waals surface area (Å²) in [5.74, 6) is -0.463. The molecule has 6 heteroatoms. The van der Waals surface area contributed by atoms with Crippen molar-refractivity contribution in [2.24, 2.45) is 0 Å². The van der Waals surface area contributed by atoms with Crippen molar-refractivity contribution in [1.82, 2.24) is 4.31 Å². The zero-order chi connectivity index (χ0) is 10.6. The Morgan fingerprint density at radius 3 is 2.86 bits per heavy atom. The van der Waals surface area contributed by atoms with Gasteiger partial charge < -0.3 is 0 Å². The largest absolute Gasteiger partial charge is 0.227 e. The Kier molecular flexibility index (Phi) is 3.63. The van der Waals surface area contributed by atoms with Crippen LogP contribution in [-0.2, 0) is 16.6 Å². The number of hydrogen-bond donors (Lipinski definition) is 0. The van der Waals surface area contributed by atoms with E-state index in [0.717, 1.165) is 4.88 Å². The number of nitrogens with zero attached hydrogens (tertiary/aromatic N) is 2. The maximum Gasteiger partial charge on any atom is 0.227 e. The van der Waals surface area contributed by atoms with Crippen molar-refractivity contribution in [1.29, 1.82) is 5.26 Å². The van der Waals surface area contributed by atoms with Crippen LogP contribution in [0.5, 0.6) is 0 Å². The average molecular weight is 230 g/mol. The molecule has 1 aromatic heterocycles. The maximum atomic E-state index is 11.4. The van der Waals surface area contributed by atoms with Gasteiger partial charge in [0.05, 0.1) is 6.07 Å². The van der Waals surface area contributed by atoms with E-state index in [1.54, 1.807) is 6.07 Å². The minimum absolute atomic E-state index is 0.335. The van der Waals surface area contributed by atoms with Crippen LogP contribution in [0.15, 0.2) is 17.5 Å². The highest BCUT2D eigenvalue weighted by atomic mass is 32.2. The molecule has 0 aliphatic carbocycles. The van der Waals surface area contributed by atoms with Crippen molar-refractivity contribution in [3.8, 4) is 6.07 Å². The third kappa shape index (κ3) is 2.80. The van der Waals surface area contributed by atoms with Gasteiger partial charge in [0.25, 0.3) is 0 Å². The van der Waals surface area contributed by atoms with Gasteiger partial charge in [0.2, 0.25) is 10.0 Å². The Bertz CT molecular complexity index is 417. The highest BCUT2D eigenvalue weighted by Crippen LogP contribution is 2.12. The monoisotopic (exact) mass is 230 g/mol. The zero-order valence-electron chi connectivity index (χ0n) is 7.67. The second kappa shape index (κ2) is 4.55. The minimum Gasteiger partial charge on any atom is -0.211 e. The Morgan fingerprint density at radius 2 is 2.36 bits per heavy atom. The second-order valence-corrected chi connectivity index (χ2v) is 5.86. The van der Waals surface area contributed by atoms with Crippen molar-refractivity contribution >= 4 is 21.4 Å². The van der Waals surface area contributed by atoms with Gasteiger partial charge in [-0.3, -0.25) is 0 Å². The summed E-state index contributed by atoms with van der Waals surface area (Å²) in [4.78, 5) is 0.967. The van der Waals surface area contributed by atoms with Gasteiger partial charge in [-0.1, -0.05) is 6.07 Å². The molecule has 0 N–H and O–H groups in total. The third-order valence-electron chi connectivity index (χ3n) is 1.68. The number of hydrogen-bond acceptors (Lipinski definition) is 4. The summed E-state index contributed by atoms with van der Waals surface area (Å²) in [5.41, 5.74) is 0. The SMILES string of the molecule is CN(Cc1cccs1)S(=O)(=O)CC#N. The van der Waals surface area contributed by atoms with E-state index in [9.17, 15) is 8.42 Å². The summed E-state index contributed by atoms with van der Waals surface area (Å²) in [6, 6.07) is 5.37. The molecule has 0 aromatic carbocycles. The van der Waals surface area contributed by atoms with E-state index in [-0.39, 0.29) is 0 Å². The molecule has 0 amide bonds. The second-order valence-electron chi connectivity index (χ2n) is 2.75. The molecule has 14 heavy (non-hydrogen) atoms. The summed E-state index contributed by atoms with van der Waals surface area (Å²) in [6.07, 6.45) is 0. The third-order valence-corrected chi connectivity index (χ3v) is 4.11. The number of thiophene rings is 1. The van der Waals surface area contributed by atoms with Gasteiger partial charge in [0.15, 0.2) is 5.75 Å². The van der Waals surface area contributed by atoms with Crippen molar-refractivity contribution in [3.63, 3.8) is 0 Å². The quantitative estimate of drug-likeness (QED) is 0.776. The highest BCUT2D eigenvalue weighted by molar-refractivity contribution is 7.89. The van der Waals surface area contributed by atoms with Gasteiger partial charge >= 0.3 is 0 Å². The molecule has 0 aliphatic heterocycles. The molecule has 0 bridgehead atoms. The Hall–Kier alpha value is -0.900. The molecule has 1 rings (SSSR count). The lowest BCUT2D eigenvalue weighted by molar-refractivity contribution is 0.472. The lowest BCUT2D eigenvalue weighted by Crippen LogP contribution is -2.27. The van der Waals surface area contributed by atoms with Crippen LogP contribution in [0.2, 0.25) is 0 Å². The molecule has 0 saturated carbocycles. The van der Waals surface area contributed by atoms with Crippen molar-refractivity contribution in [2.75, 3.05) is 12.8 Å². The Labute approximate surface area is 87.4 Å². The maximum absolute atomic E-state index is 11.4. The van der Waals surface area contributed by atoms with Crippen LogP contribution in [0, 0.1) is 11.3 Å². The molecule has 0 radical (unpaired) electrons. The lowest BCUT2D eigenvalue weighted by Gasteiger charge is -2.13. The van der Waals surface area contributed by atoms with Crippen LogP contribution in [0.3, 0.4) is 0 Å². The van der Waals surface area contributed by atoms with Gasteiger partial charge in [-0.2, -0.15) is 9.57 Å². The molecule has 0 fully saturated rings.